The van der Waals surface area contributed by atoms with Crippen LogP contribution in [-0.2, 0) is 22.4 Å². The number of benzene rings is 1. The third-order valence-corrected chi connectivity index (χ3v) is 8.65. The topological polar surface area (TPSA) is 72.6 Å². The lowest BCUT2D eigenvalue weighted by Crippen LogP contribution is -2.40. The van der Waals surface area contributed by atoms with Gasteiger partial charge in [-0.05, 0) is 31.7 Å². The number of thiazole rings is 1. The summed E-state index contributed by atoms with van der Waals surface area (Å²) in [4.78, 5) is 24.9. The Morgan fingerprint density at radius 1 is 1.10 bits per heavy atom. The Bertz CT molecular complexity index is 1420. The number of carbonyl (C=O) groups excluding carboxylic acids is 1. The molecule has 6 rings (SSSR count). The lowest BCUT2D eigenvalue weighted by molar-refractivity contribution is -0.142. The smallest absolute Gasteiger partial charge is 0.387 e. The van der Waals surface area contributed by atoms with Crippen molar-refractivity contribution in [3.8, 4) is 0 Å². The van der Waals surface area contributed by atoms with Gasteiger partial charge in [-0.25, -0.2) is 13.8 Å². The number of nitrogens with zero attached hydrogens (tertiary/aromatic N) is 5. The molecule has 0 N–H and O–H groups in total. The van der Waals surface area contributed by atoms with Crippen LogP contribution in [0, 0.1) is 0 Å². The highest BCUT2D eigenvalue weighted by Gasteiger charge is 2.38. The van der Waals surface area contributed by atoms with Gasteiger partial charge in [-0.1, -0.05) is 29.4 Å². The van der Waals surface area contributed by atoms with Gasteiger partial charge < -0.3 is 9.74 Å². The van der Waals surface area contributed by atoms with Gasteiger partial charge >= 0.3 is 6.18 Å². The van der Waals surface area contributed by atoms with Gasteiger partial charge in [0.25, 0.3) is 6.43 Å². The number of hydrogen-bond acceptors (Lipinski definition) is 6. The summed E-state index contributed by atoms with van der Waals surface area (Å²) in [5.74, 6) is -0.0837. The lowest BCUT2D eigenvalue weighted by Gasteiger charge is -2.31. The van der Waals surface area contributed by atoms with E-state index in [-0.39, 0.29) is 29.9 Å². The maximum Gasteiger partial charge on any atom is 0.435 e. The summed E-state index contributed by atoms with van der Waals surface area (Å²) in [5.41, 5.74) is 1.13. The number of rotatable bonds is 7. The van der Waals surface area contributed by atoms with Crippen molar-refractivity contribution >= 4 is 23.0 Å². The summed E-state index contributed by atoms with van der Waals surface area (Å²) < 4.78 is 67.6. The molecule has 40 heavy (non-hydrogen) atoms. The van der Waals surface area contributed by atoms with Crippen molar-refractivity contribution in [2.45, 2.75) is 69.2 Å². The van der Waals surface area contributed by atoms with Crippen LogP contribution in [0.5, 0.6) is 0 Å². The highest BCUT2D eigenvalue weighted by molar-refractivity contribution is 7.10. The minimum Gasteiger partial charge on any atom is -0.387 e. The molecule has 212 valence electrons. The van der Waals surface area contributed by atoms with E-state index >= 15 is 0 Å². The summed E-state index contributed by atoms with van der Waals surface area (Å²) in [6.07, 6.45) is -4.45. The maximum atomic E-state index is 13.4. The first kappa shape index (κ1) is 26.9. The standard InChI is InChI=1S/C27H26F5N5O2S/c28-25(29)18-4-2-1-3-17(18)22-11-19(35-39-22)20-14-40-26(33-20)16-7-9-36(10-8-16)24(38)13-37-21(15-5-6-15)12-23(34-37)27(30,31)32/h1-4,12,14-16,22,25H,5-11,13H2. The molecule has 2 fully saturated rings. The van der Waals surface area contributed by atoms with E-state index in [4.69, 9.17) is 9.82 Å². The van der Waals surface area contributed by atoms with Crippen molar-refractivity contribution in [1.29, 1.82) is 0 Å². The van der Waals surface area contributed by atoms with Crippen molar-refractivity contribution < 1.29 is 31.6 Å². The molecule has 0 radical (unpaired) electrons. The van der Waals surface area contributed by atoms with Gasteiger partial charge in [-0.3, -0.25) is 9.48 Å². The molecule has 2 aliphatic heterocycles. The molecular weight excluding hydrogens is 553 g/mol. The Kier molecular flexibility index (Phi) is 7.09. The summed E-state index contributed by atoms with van der Waals surface area (Å²) in [6.45, 7) is 0.742. The lowest BCUT2D eigenvalue weighted by atomic mass is 9.97. The van der Waals surface area contributed by atoms with Crippen LogP contribution in [0.25, 0.3) is 0 Å². The molecule has 2 aromatic heterocycles. The number of carbonyl (C=O) groups is 1. The Labute approximate surface area is 230 Å². The quantitative estimate of drug-likeness (QED) is 0.302. The second-order valence-corrected chi connectivity index (χ2v) is 11.3. The first-order valence-corrected chi connectivity index (χ1v) is 14.0. The number of alkyl halides is 5. The number of oxime groups is 1. The number of amides is 1. The monoisotopic (exact) mass is 579 g/mol. The van der Waals surface area contributed by atoms with E-state index in [1.807, 2.05) is 5.38 Å². The van der Waals surface area contributed by atoms with Crippen molar-refractivity contribution in [1.82, 2.24) is 19.7 Å². The summed E-state index contributed by atoms with van der Waals surface area (Å²) in [6, 6.07) is 7.35. The van der Waals surface area contributed by atoms with Gasteiger partial charge in [0, 0.05) is 53.5 Å². The van der Waals surface area contributed by atoms with Crippen molar-refractivity contribution in [3.63, 3.8) is 0 Å². The van der Waals surface area contributed by atoms with Crippen molar-refractivity contribution in [3.05, 3.63) is 68.9 Å². The Morgan fingerprint density at radius 2 is 1.85 bits per heavy atom. The third-order valence-electron chi connectivity index (χ3n) is 7.64. The number of piperidine rings is 1. The first-order valence-electron chi connectivity index (χ1n) is 13.2. The minimum absolute atomic E-state index is 0.0328. The van der Waals surface area contributed by atoms with Crippen molar-refractivity contribution in [2.24, 2.45) is 5.16 Å². The van der Waals surface area contributed by atoms with Crippen LogP contribution in [0.4, 0.5) is 22.0 Å². The van der Waals surface area contributed by atoms with Crippen LogP contribution in [-0.4, -0.2) is 44.4 Å². The van der Waals surface area contributed by atoms with Gasteiger partial charge in [-0.2, -0.15) is 18.3 Å². The van der Waals surface area contributed by atoms with Gasteiger partial charge in [-0.15, -0.1) is 11.3 Å². The fourth-order valence-corrected chi connectivity index (χ4v) is 6.31. The number of hydrogen-bond donors (Lipinski definition) is 0. The van der Waals surface area contributed by atoms with E-state index in [1.54, 1.807) is 23.1 Å². The molecule has 4 heterocycles. The van der Waals surface area contributed by atoms with Crippen LogP contribution < -0.4 is 0 Å². The molecule has 13 heteroatoms. The van der Waals surface area contributed by atoms with E-state index in [2.05, 4.69) is 10.3 Å². The van der Waals surface area contributed by atoms with E-state index in [0.717, 1.165) is 23.9 Å². The van der Waals surface area contributed by atoms with E-state index < -0.39 is 24.4 Å². The van der Waals surface area contributed by atoms with Gasteiger partial charge in [0.2, 0.25) is 5.91 Å². The Morgan fingerprint density at radius 3 is 2.55 bits per heavy atom. The van der Waals surface area contributed by atoms with Gasteiger partial charge in [0.1, 0.15) is 12.3 Å². The molecule has 1 unspecified atom stereocenters. The number of likely N-dealkylation sites (tertiary alicyclic amines) is 1. The highest BCUT2D eigenvalue weighted by atomic mass is 32.1. The molecule has 1 saturated carbocycles. The normalized spacial score (nSPS) is 20.2. The number of halogens is 5. The van der Waals surface area contributed by atoms with Crippen molar-refractivity contribution in [2.75, 3.05) is 13.1 Å². The SMILES string of the molecule is O=C(Cn1nc(C(F)(F)F)cc1C1CC1)N1CCC(c2nc(C3=NOC(c4ccccc4C(F)F)C3)cs2)CC1. The summed E-state index contributed by atoms with van der Waals surface area (Å²) >= 11 is 1.49. The molecule has 3 aliphatic rings. The average molecular weight is 580 g/mol. The fourth-order valence-electron chi connectivity index (χ4n) is 5.31. The third kappa shape index (κ3) is 5.48. The minimum atomic E-state index is -4.55. The second-order valence-electron chi connectivity index (χ2n) is 10.4. The van der Waals surface area contributed by atoms with Gasteiger partial charge in [0.15, 0.2) is 11.8 Å². The van der Waals surface area contributed by atoms with E-state index in [1.165, 1.54) is 22.1 Å². The first-order chi connectivity index (χ1) is 19.2. The molecule has 0 spiro atoms. The fraction of sp³-hybridized carbons (Fsp3) is 0.481. The molecule has 0 bridgehead atoms. The van der Waals surface area contributed by atoms with E-state index in [9.17, 15) is 26.7 Å². The predicted molar refractivity (Wildman–Crippen MR) is 136 cm³/mol. The predicted octanol–water partition coefficient (Wildman–Crippen LogP) is 6.45. The van der Waals surface area contributed by atoms with Crippen LogP contribution in [0.1, 0.15) is 89.7 Å². The van der Waals surface area contributed by atoms with E-state index in [0.29, 0.717) is 55.0 Å². The average Bonchev–Trinajstić information content (AvgIpc) is 3.31. The summed E-state index contributed by atoms with van der Waals surface area (Å²) in [7, 11) is 0. The Balaban J connectivity index is 1.05. The molecule has 7 nitrogen and oxygen atoms in total. The maximum absolute atomic E-state index is 13.4. The van der Waals surface area contributed by atoms with Crippen LogP contribution in [0.15, 0.2) is 40.9 Å². The molecule has 1 saturated heterocycles. The molecule has 1 atom stereocenters. The molecule has 1 aliphatic carbocycles. The molecule has 1 amide bonds. The number of aromatic nitrogens is 3. The largest absolute Gasteiger partial charge is 0.435 e. The zero-order valence-corrected chi connectivity index (χ0v) is 22.1. The Hall–Kier alpha value is -3.35. The van der Waals surface area contributed by atoms with Crippen LogP contribution >= 0.6 is 11.3 Å². The molecular formula is C27H26F5N5O2S. The molecule has 1 aromatic carbocycles. The van der Waals surface area contributed by atoms with Crippen LogP contribution in [0.3, 0.4) is 0 Å². The van der Waals surface area contributed by atoms with Gasteiger partial charge in [0.05, 0.1) is 10.7 Å². The zero-order chi connectivity index (χ0) is 28.0. The second kappa shape index (κ2) is 10.6. The summed E-state index contributed by atoms with van der Waals surface area (Å²) in [5, 5.41) is 10.6. The molecule has 3 aromatic rings. The van der Waals surface area contributed by atoms with Crippen LogP contribution in [0.2, 0.25) is 0 Å². The highest BCUT2D eigenvalue weighted by Crippen LogP contribution is 2.42. The zero-order valence-electron chi connectivity index (χ0n) is 21.3.